The molecular formula is C27H30FNO5S2. The Balaban J connectivity index is 1.35. The highest BCUT2D eigenvalue weighted by atomic mass is 32.2. The molecule has 2 aromatic rings. The minimum Gasteiger partial charge on any atom is -0.456 e. The van der Waals surface area contributed by atoms with Crippen LogP contribution < -0.4 is 0 Å². The lowest BCUT2D eigenvalue weighted by molar-refractivity contribution is -0.124. The van der Waals surface area contributed by atoms with Crippen LogP contribution in [0.2, 0.25) is 0 Å². The van der Waals surface area contributed by atoms with Gasteiger partial charge in [0.05, 0.1) is 18.1 Å². The number of fused-ring (bicyclic) bond motifs is 2. The molecule has 9 heteroatoms. The van der Waals surface area contributed by atoms with Gasteiger partial charge < -0.3 is 19.4 Å². The summed E-state index contributed by atoms with van der Waals surface area (Å²) >= 11 is 6.95. The number of furan rings is 1. The van der Waals surface area contributed by atoms with E-state index in [9.17, 15) is 14.3 Å². The van der Waals surface area contributed by atoms with E-state index < -0.39 is 6.10 Å². The molecule has 3 aliphatic rings. The molecule has 2 heterocycles. The third-order valence-electron chi connectivity index (χ3n) is 7.34. The SMILES string of the molecule is O=C1/C(=C/c2oc(-c3ccc(F)cc3)cc2CCCOC[C@@H](O)CO)SC(=S)N1C1CC2CCC1C2. The van der Waals surface area contributed by atoms with Crippen molar-refractivity contribution in [1.82, 2.24) is 4.90 Å². The lowest BCUT2D eigenvalue weighted by atomic mass is 9.94. The first-order valence-corrected chi connectivity index (χ1v) is 13.7. The van der Waals surface area contributed by atoms with Crippen molar-refractivity contribution < 1.29 is 28.6 Å². The fraction of sp³-hybridized carbons (Fsp3) is 0.481. The molecule has 1 aromatic carbocycles. The number of ether oxygens (including phenoxy) is 1. The summed E-state index contributed by atoms with van der Waals surface area (Å²) in [5.41, 5.74) is 1.65. The van der Waals surface area contributed by atoms with Crippen molar-refractivity contribution in [2.75, 3.05) is 19.8 Å². The molecule has 2 saturated carbocycles. The third kappa shape index (κ3) is 5.45. The minimum atomic E-state index is -0.892. The molecule has 0 radical (unpaired) electrons. The quantitative estimate of drug-likeness (QED) is 0.259. The first-order chi connectivity index (χ1) is 17.4. The molecule has 4 atom stereocenters. The highest BCUT2D eigenvalue weighted by Gasteiger charge is 2.48. The van der Waals surface area contributed by atoms with Crippen molar-refractivity contribution in [3.8, 4) is 11.3 Å². The Hall–Kier alpha value is -2.04. The number of aryl methyl sites for hydroxylation is 1. The Labute approximate surface area is 219 Å². The number of carbonyl (C=O) groups excluding carboxylic acids is 1. The molecule has 1 saturated heterocycles. The number of benzene rings is 1. The fourth-order valence-corrected chi connectivity index (χ4v) is 6.91. The summed E-state index contributed by atoms with van der Waals surface area (Å²) < 4.78 is 25.7. The Bertz CT molecular complexity index is 1150. The summed E-state index contributed by atoms with van der Waals surface area (Å²) in [6, 6.07) is 8.22. The lowest BCUT2D eigenvalue weighted by Gasteiger charge is -2.30. The van der Waals surface area contributed by atoms with Crippen LogP contribution in [0.15, 0.2) is 39.7 Å². The van der Waals surface area contributed by atoms with Crippen molar-refractivity contribution in [2.24, 2.45) is 11.8 Å². The van der Waals surface area contributed by atoms with Gasteiger partial charge in [0.1, 0.15) is 27.8 Å². The van der Waals surface area contributed by atoms with E-state index in [0.29, 0.717) is 52.0 Å². The van der Waals surface area contributed by atoms with E-state index in [1.807, 2.05) is 11.0 Å². The van der Waals surface area contributed by atoms with Crippen LogP contribution in [-0.4, -0.2) is 57.3 Å². The van der Waals surface area contributed by atoms with E-state index in [2.05, 4.69) is 0 Å². The van der Waals surface area contributed by atoms with Gasteiger partial charge in [0.2, 0.25) is 0 Å². The molecule has 3 unspecified atom stereocenters. The van der Waals surface area contributed by atoms with E-state index in [1.165, 1.54) is 43.2 Å². The van der Waals surface area contributed by atoms with Gasteiger partial charge in [0, 0.05) is 24.3 Å². The summed E-state index contributed by atoms with van der Waals surface area (Å²) in [5, 5.41) is 18.3. The first-order valence-electron chi connectivity index (χ1n) is 12.4. The molecule has 36 heavy (non-hydrogen) atoms. The summed E-state index contributed by atoms with van der Waals surface area (Å²) in [5.74, 6) is 2.07. The number of aliphatic hydroxyl groups excluding tert-OH is 2. The van der Waals surface area contributed by atoms with Gasteiger partial charge in [-0.05, 0) is 79.8 Å². The van der Waals surface area contributed by atoms with Crippen LogP contribution in [0, 0.1) is 17.7 Å². The second-order valence-electron chi connectivity index (χ2n) is 9.82. The van der Waals surface area contributed by atoms with Gasteiger partial charge in [-0.25, -0.2) is 4.39 Å². The number of amides is 1. The number of carbonyl (C=O) groups is 1. The van der Waals surface area contributed by atoms with Gasteiger partial charge in [-0.1, -0.05) is 30.4 Å². The second kappa shape index (κ2) is 11.1. The number of thiocarbonyl (C=S) groups is 1. The van der Waals surface area contributed by atoms with Crippen LogP contribution in [0.1, 0.15) is 43.4 Å². The molecule has 2 bridgehead atoms. The van der Waals surface area contributed by atoms with Crippen molar-refractivity contribution in [3.63, 3.8) is 0 Å². The molecule has 192 valence electrons. The first kappa shape index (κ1) is 25.6. The average molecular weight is 532 g/mol. The van der Waals surface area contributed by atoms with E-state index >= 15 is 0 Å². The monoisotopic (exact) mass is 531 g/mol. The second-order valence-corrected chi connectivity index (χ2v) is 11.5. The van der Waals surface area contributed by atoms with E-state index in [-0.39, 0.29) is 31.0 Å². The van der Waals surface area contributed by atoms with E-state index in [4.69, 9.17) is 26.5 Å². The molecule has 1 aromatic heterocycles. The van der Waals surface area contributed by atoms with E-state index in [0.717, 1.165) is 17.5 Å². The van der Waals surface area contributed by atoms with Gasteiger partial charge in [-0.15, -0.1) is 0 Å². The number of nitrogens with zero attached hydrogens (tertiary/aromatic N) is 1. The van der Waals surface area contributed by atoms with Crippen molar-refractivity contribution in [3.05, 3.63) is 52.4 Å². The van der Waals surface area contributed by atoms with Crippen LogP contribution in [0.25, 0.3) is 17.4 Å². The Morgan fingerprint density at radius 3 is 2.78 bits per heavy atom. The standard InChI is InChI=1S/C27H30FNO5S2/c28-20-7-5-17(6-8-20)23-12-19(2-1-9-33-15-21(31)14-30)24(34-23)13-25-26(32)29(27(35)36-25)22-11-16-3-4-18(22)10-16/h5-8,12-13,16,18,21-22,30-31H,1-4,9-11,14-15H2/b25-13-/t16?,18?,21-,22?/m0/s1. The number of hydrogen-bond acceptors (Lipinski definition) is 7. The Morgan fingerprint density at radius 1 is 1.28 bits per heavy atom. The molecule has 5 rings (SSSR count). The predicted octanol–water partition coefficient (Wildman–Crippen LogP) is 4.78. The van der Waals surface area contributed by atoms with Gasteiger partial charge in [-0.2, -0.15) is 0 Å². The maximum atomic E-state index is 13.4. The molecule has 2 aliphatic carbocycles. The fourth-order valence-electron chi connectivity index (χ4n) is 5.57. The van der Waals surface area contributed by atoms with Crippen LogP contribution in [0.5, 0.6) is 0 Å². The topological polar surface area (TPSA) is 83.1 Å². The summed E-state index contributed by atoms with van der Waals surface area (Å²) in [4.78, 5) is 15.8. The van der Waals surface area contributed by atoms with Gasteiger partial charge in [-0.3, -0.25) is 9.69 Å². The molecule has 2 N–H and O–H groups in total. The van der Waals surface area contributed by atoms with Gasteiger partial charge in [0.25, 0.3) is 5.91 Å². The summed E-state index contributed by atoms with van der Waals surface area (Å²) in [6.07, 6.45) is 6.84. The van der Waals surface area contributed by atoms with Crippen LogP contribution in [0.3, 0.4) is 0 Å². The Morgan fingerprint density at radius 2 is 2.08 bits per heavy atom. The van der Waals surface area contributed by atoms with Crippen molar-refractivity contribution >= 4 is 40.3 Å². The summed E-state index contributed by atoms with van der Waals surface area (Å²) in [7, 11) is 0. The number of hydrogen-bond donors (Lipinski definition) is 2. The van der Waals surface area contributed by atoms with Gasteiger partial charge >= 0.3 is 0 Å². The molecule has 1 amide bonds. The maximum Gasteiger partial charge on any atom is 0.266 e. The predicted molar refractivity (Wildman–Crippen MR) is 141 cm³/mol. The molecule has 0 spiro atoms. The van der Waals surface area contributed by atoms with Gasteiger partial charge in [0.15, 0.2) is 0 Å². The normalized spacial score (nSPS) is 25.5. The van der Waals surface area contributed by atoms with Crippen molar-refractivity contribution in [2.45, 2.75) is 50.7 Å². The third-order valence-corrected chi connectivity index (χ3v) is 8.67. The zero-order valence-electron chi connectivity index (χ0n) is 19.9. The number of thioether (sulfide) groups is 1. The van der Waals surface area contributed by atoms with Crippen LogP contribution >= 0.6 is 24.0 Å². The highest BCUT2D eigenvalue weighted by molar-refractivity contribution is 8.26. The van der Waals surface area contributed by atoms with Crippen LogP contribution in [-0.2, 0) is 16.0 Å². The number of aliphatic hydroxyl groups is 2. The minimum absolute atomic E-state index is 0.0467. The molecule has 1 aliphatic heterocycles. The zero-order chi connectivity index (χ0) is 25.2. The maximum absolute atomic E-state index is 13.4. The average Bonchev–Trinajstić information content (AvgIpc) is 3.64. The highest BCUT2D eigenvalue weighted by Crippen LogP contribution is 2.49. The Kier molecular flexibility index (Phi) is 7.93. The molecule has 6 nitrogen and oxygen atoms in total. The number of rotatable bonds is 10. The van der Waals surface area contributed by atoms with Crippen molar-refractivity contribution in [1.29, 1.82) is 0 Å². The molecule has 3 fully saturated rings. The zero-order valence-corrected chi connectivity index (χ0v) is 21.5. The lowest BCUT2D eigenvalue weighted by Crippen LogP contribution is -2.41. The van der Waals surface area contributed by atoms with E-state index in [1.54, 1.807) is 18.2 Å². The number of halogens is 1. The largest absolute Gasteiger partial charge is 0.456 e. The molecular weight excluding hydrogens is 501 g/mol. The summed E-state index contributed by atoms with van der Waals surface area (Å²) in [6.45, 7) is 0.133. The van der Waals surface area contributed by atoms with Crippen LogP contribution in [0.4, 0.5) is 4.39 Å². The smallest absolute Gasteiger partial charge is 0.266 e.